The minimum absolute atomic E-state index is 0.0740. The second-order valence-electron chi connectivity index (χ2n) is 34.4. The molecule has 26 rings (SSSR count). The summed E-state index contributed by atoms with van der Waals surface area (Å²) in [4.78, 5) is 0. The van der Waals surface area contributed by atoms with Crippen molar-refractivity contribution in [3.05, 3.63) is 155 Å². The van der Waals surface area contributed by atoms with E-state index >= 15 is 0 Å². The SMILES string of the molecule is COC[C@H]1O[C@@H]2O[C@H]3[C@H](OC)[C@@H](OC)[C@@H](O[C@H]4[C@H](OC)[C@@H](OC)[C@@H](O[C@H]5[C@H](OC)[C@@H](OC)[C@@H](O[C@H]6[C@H](OC)[C@@H](OC)[C@@H](O[C@H]7[C@H](OC)[C@@H](OC)[C@@H](O[C@H]8[C@H](OC)[C@H](OC)[C@@H](O[C@H]1[C@H](OC)[C@@H]2OC)O[C@@H]8COC)O[C@@H]7COC)O[C@@H]6COC)O[C@@H]5COC)O[C@@H]4COC)O[C@@H]3COC(c1ccc(OC)cc1)(c1ccc(OC)cc1)c1cccc(C(OC)(c2ccc(OC)cc2)c2ccc(OC)cc2)c1. The van der Waals surface area contributed by atoms with E-state index in [1.54, 1.807) is 35.5 Å². The van der Waals surface area contributed by atoms with Crippen molar-refractivity contribution in [3.8, 4) is 23.0 Å². The molecule has 21 aliphatic rings. The van der Waals surface area contributed by atoms with Crippen LogP contribution in [0.5, 0.6) is 23.0 Å². The van der Waals surface area contributed by atoms with E-state index in [9.17, 15) is 0 Å². The Hall–Kier alpha value is -6.14. The molecule has 0 aromatic heterocycles. The van der Waals surface area contributed by atoms with Crippen LogP contribution >= 0.6 is 0 Å². The zero-order valence-electron chi connectivity index (χ0n) is 84.0. The van der Waals surface area contributed by atoms with Crippen LogP contribution in [0.4, 0.5) is 0 Å². The van der Waals surface area contributed by atoms with E-state index in [1.165, 1.54) is 142 Å². The summed E-state index contributed by atoms with van der Waals surface area (Å²) in [6.45, 7) is -1.00. The minimum atomic E-state index is -1.68. The van der Waals surface area contributed by atoms with Gasteiger partial charge in [0.1, 0.15) is 205 Å². The fraction of sp³-hybridized carbons (Fsp3) is 0.697. The number of methoxy groups -OCH3 is 25. The first-order valence-electron chi connectivity index (χ1n) is 46.1. The van der Waals surface area contributed by atoms with Gasteiger partial charge in [0.2, 0.25) is 0 Å². The van der Waals surface area contributed by atoms with Crippen molar-refractivity contribution in [2.45, 2.75) is 226 Å². The topological polar surface area (TPSA) is 369 Å². The molecule has 139 heavy (non-hydrogen) atoms. The zero-order chi connectivity index (χ0) is 99.4. The lowest BCUT2D eigenvalue weighted by Gasteiger charge is -2.52. The van der Waals surface area contributed by atoms with Crippen LogP contribution in [0.1, 0.15) is 33.4 Å². The molecule has 0 unspecified atom stereocenters. The molecular formula is C99H144O40. The number of rotatable bonds is 40. The zero-order valence-corrected chi connectivity index (χ0v) is 84.0. The predicted octanol–water partition coefficient (Wildman–Crippen LogP) is 5.84. The lowest BCUT2D eigenvalue weighted by atomic mass is 9.75. The van der Waals surface area contributed by atoms with Gasteiger partial charge in [0.15, 0.2) is 44.0 Å². The van der Waals surface area contributed by atoms with E-state index < -0.39 is 233 Å². The third-order valence-electron chi connectivity index (χ3n) is 27.4. The summed E-state index contributed by atoms with van der Waals surface area (Å²) in [7, 11) is 38.3. The van der Waals surface area contributed by atoms with Crippen LogP contribution < -0.4 is 18.9 Å². The van der Waals surface area contributed by atoms with Gasteiger partial charge in [0.05, 0.1) is 74.7 Å². The Kier molecular flexibility index (Phi) is 41.4. The van der Waals surface area contributed by atoms with Crippen LogP contribution in [-0.2, 0) is 182 Å². The van der Waals surface area contributed by atoms with Crippen LogP contribution in [0.3, 0.4) is 0 Å². The molecule has 0 spiro atoms. The van der Waals surface area contributed by atoms with E-state index in [1.807, 2.05) is 115 Å². The fourth-order valence-electron chi connectivity index (χ4n) is 20.8. The molecule has 21 fully saturated rings. The van der Waals surface area contributed by atoms with Gasteiger partial charge < -0.3 is 189 Å². The lowest BCUT2D eigenvalue weighted by molar-refractivity contribution is -0.403. The Balaban J connectivity index is 0.976. The van der Waals surface area contributed by atoms with Gasteiger partial charge in [-0.1, -0.05) is 66.7 Å². The third kappa shape index (κ3) is 23.0. The molecule has 21 aliphatic heterocycles. The molecule has 780 valence electrons. The lowest BCUT2D eigenvalue weighted by Crippen LogP contribution is -2.69. The molecule has 21 saturated heterocycles. The number of ether oxygens (including phenoxy) is 40. The summed E-state index contributed by atoms with van der Waals surface area (Å²) < 4.78 is 267. The van der Waals surface area contributed by atoms with Gasteiger partial charge in [0.25, 0.3) is 0 Å². The number of benzene rings is 5. The molecule has 40 heteroatoms. The second kappa shape index (κ2) is 52.3. The largest absolute Gasteiger partial charge is 0.497 e. The van der Waals surface area contributed by atoms with E-state index in [2.05, 4.69) is 6.07 Å². The smallest absolute Gasteiger partial charge is 0.187 e. The Bertz CT molecular complexity index is 4270. The quantitative estimate of drug-likeness (QED) is 0.0415. The summed E-state index contributed by atoms with van der Waals surface area (Å²) in [5.74, 6) is 2.39. The van der Waals surface area contributed by atoms with E-state index in [4.69, 9.17) is 189 Å². The van der Waals surface area contributed by atoms with E-state index in [0.29, 0.717) is 45.3 Å². The molecular weight excluding hydrogens is 1830 g/mol. The van der Waals surface area contributed by atoms with Crippen molar-refractivity contribution >= 4 is 0 Å². The van der Waals surface area contributed by atoms with Crippen LogP contribution in [0, 0.1) is 0 Å². The maximum absolute atomic E-state index is 8.13. The highest BCUT2D eigenvalue weighted by molar-refractivity contribution is 5.55. The molecule has 0 amide bonds. The van der Waals surface area contributed by atoms with Crippen molar-refractivity contribution < 1.29 is 189 Å². The molecule has 0 aliphatic carbocycles. The third-order valence-corrected chi connectivity index (χ3v) is 27.4. The van der Waals surface area contributed by atoms with Gasteiger partial charge in [-0.2, -0.15) is 0 Å². The predicted molar refractivity (Wildman–Crippen MR) is 488 cm³/mol. The summed E-state index contributed by atoms with van der Waals surface area (Å²) in [6.07, 6.45) is -40.3. The molecule has 0 saturated carbocycles. The van der Waals surface area contributed by atoms with Crippen molar-refractivity contribution in [3.63, 3.8) is 0 Å². The van der Waals surface area contributed by atoms with Crippen LogP contribution in [0.25, 0.3) is 0 Å². The first kappa shape index (κ1) is 110. The number of hydrogen-bond acceptors (Lipinski definition) is 40. The molecule has 5 aromatic carbocycles. The standard InChI is InChI=1S/C99H144O40/c1-100-46-63-70-77(110-11)85(118-19)92(127-63)135-72-65(48-102-3)129-94(87(120-21)79(72)112-13)137-74-67(50-104-5)131-96(89(122-23)81(74)114-15)139-76-69(52-125-99(55-33-41-61(108-9)42-34-55,56-35-43-62(109-10)44-36-56)58-28-26-27-57(45-58)98(124-25,53-29-37-59(106-7)38-30-53)54-31-39-60(107-8)40-32-54)132-97(90(123-24)83(76)116-17)138-75-68(51-105-6)130-95(88(121-22)82(75)115-16)136-73-66(49-103-4)128-93(86(119-20)80(73)113-14)134-71-64(47-101-2)126-91(133-70)84(117-18)78(71)111-12/h26-45,63-97H,46-52H2,1-25H3/t63-,64-,65-,66-,67-,68-,69-,70-,71-,72-,73-,74-,75-,76-,77+,78+,79+,80+,81+,82+,83+,84-,85-,86-,87+,88-,89+,90-,91-,92-,93-,94-,95-,96-,97-/m1/s1. The highest BCUT2D eigenvalue weighted by Crippen LogP contribution is 2.50. The average molecular weight is 1970 g/mol. The summed E-state index contributed by atoms with van der Waals surface area (Å²) in [6, 6.07) is 38.7. The molecule has 40 nitrogen and oxygen atoms in total. The normalized spacial score (nSPS) is 36.0. The van der Waals surface area contributed by atoms with E-state index in [-0.39, 0.29) is 39.6 Å². The summed E-state index contributed by atoms with van der Waals surface area (Å²) in [5, 5.41) is 0. The van der Waals surface area contributed by atoms with Crippen LogP contribution in [-0.4, -0.2) is 439 Å². The van der Waals surface area contributed by atoms with E-state index in [0.717, 1.165) is 11.1 Å². The molecule has 0 radical (unpaired) electrons. The van der Waals surface area contributed by atoms with Crippen molar-refractivity contribution in [2.75, 3.05) is 224 Å². The summed E-state index contributed by atoms with van der Waals surface area (Å²) in [5.41, 5.74) is 1.06. The minimum Gasteiger partial charge on any atom is -0.497 e. The first-order valence-corrected chi connectivity index (χ1v) is 46.1. The van der Waals surface area contributed by atoms with Crippen LogP contribution in [0.2, 0.25) is 0 Å². The number of hydrogen-bond donors (Lipinski definition) is 0. The Morgan fingerprint density at radius 3 is 0.525 bits per heavy atom. The van der Waals surface area contributed by atoms with Gasteiger partial charge in [-0.3, -0.25) is 0 Å². The second-order valence-corrected chi connectivity index (χ2v) is 34.4. The first-order chi connectivity index (χ1) is 67.8. The highest BCUT2D eigenvalue weighted by Gasteiger charge is 2.63. The maximum Gasteiger partial charge on any atom is 0.187 e. The molecule has 0 N–H and O–H groups in total. The summed E-state index contributed by atoms with van der Waals surface area (Å²) >= 11 is 0. The molecule has 14 bridgehead atoms. The van der Waals surface area contributed by atoms with Gasteiger partial charge in [0, 0.05) is 149 Å². The Labute approximate surface area is 813 Å². The van der Waals surface area contributed by atoms with Gasteiger partial charge >= 0.3 is 0 Å². The van der Waals surface area contributed by atoms with Crippen molar-refractivity contribution in [1.29, 1.82) is 0 Å². The van der Waals surface area contributed by atoms with Crippen LogP contribution in [0.15, 0.2) is 121 Å². The molecule has 35 atom stereocenters. The Morgan fingerprint density at radius 2 is 0.360 bits per heavy atom. The van der Waals surface area contributed by atoms with Crippen molar-refractivity contribution in [2.24, 2.45) is 0 Å². The van der Waals surface area contributed by atoms with Gasteiger partial charge in [-0.25, -0.2) is 0 Å². The molecule has 21 heterocycles. The van der Waals surface area contributed by atoms with Gasteiger partial charge in [-0.15, -0.1) is 0 Å². The Morgan fingerprint density at radius 1 is 0.187 bits per heavy atom. The average Bonchev–Trinajstić information content (AvgIpc) is 0.770. The van der Waals surface area contributed by atoms with Gasteiger partial charge in [-0.05, 0) is 88.0 Å². The monoisotopic (exact) mass is 1970 g/mol. The maximum atomic E-state index is 8.13. The molecule has 5 aromatic rings. The van der Waals surface area contributed by atoms with Crippen molar-refractivity contribution in [1.82, 2.24) is 0 Å². The highest BCUT2D eigenvalue weighted by atomic mass is 16.8. The fourth-order valence-corrected chi connectivity index (χ4v) is 20.8.